The zero-order valence-electron chi connectivity index (χ0n) is 10.4. The summed E-state index contributed by atoms with van der Waals surface area (Å²) in [6, 6.07) is 0. The van der Waals surface area contributed by atoms with E-state index < -0.39 is 0 Å². The van der Waals surface area contributed by atoms with Gasteiger partial charge < -0.3 is 10.6 Å². The minimum atomic E-state index is 0.181. The number of nitrogens with one attached hydrogen (secondary N) is 2. The number of aromatic nitrogens is 2. The molecule has 0 saturated heterocycles. The third-order valence-electron chi connectivity index (χ3n) is 3.26. The average Bonchev–Trinajstić information content (AvgIpc) is 2.71. The lowest BCUT2D eigenvalue weighted by Crippen LogP contribution is -2.31. The molecule has 17 heavy (non-hydrogen) atoms. The molecular weight excluding hydrogens is 280 g/mol. The van der Waals surface area contributed by atoms with E-state index in [2.05, 4.69) is 50.4 Å². The Morgan fingerprint density at radius 2 is 1.94 bits per heavy atom. The molecule has 94 valence electrons. The van der Waals surface area contributed by atoms with Gasteiger partial charge in [0.1, 0.15) is 22.4 Å². The molecule has 2 N–H and O–H groups in total. The molecular formula is C12H19BrN4. The van der Waals surface area contributed by atoms with Crippen LogP contribution in [-0.2, 0) is 0 Å². The largest absolute Gasteiger partial charge is 0.369 e. The van der Waals surface area contributed by atoms with E-state index in [-0.39, 0.29) is 5.54 Å². The van der Waals surface area contributed by atoms with E-state index in [9.17, 15) is 0 Å². The predicted molar refractivity (Wildman–Crippen MR) is 74.4 cm³/mol. The fraction of sp³-hybridized carbons (Fsp3) is 0.667. The van der Waals surface area contributed by atoms with Crippen LogP contribution in [0.2, 0.25) is 0 Å². The predicted octanol–water partition coefficient (Wildman–Crippen LogP) is 3.42. The molecule has 1 heterocycles. The number of hydrogen-bond acceptors (Lipinski definition) is 4. The molecule has 1 fully saturated rings. The molecule has 0 spiro atoms. The highest BCUT2D eigenvalue weighted by molar-refractivity contribution is 9.10. The Bertz CT molecular complexity index is 388. The first-order chi connectivity index (χ1) is 8.14. The van der Waals surface area contributed by atoms with Crippen LogP contribution >= 0.6 is 15.9 Å². The zero-order chi connectivity index (χ0) is 12.3. The van der Waals surface area contributed by atoms with Crippen LogP contribution in [0.4, 0.5) is 11.6 Å². The second-order valence-corrected chi connectivity index (χ2v) is 5.60. The monoisotopic (exact) mass is 298 g/mol. The Morgan fingerprint density at radius 3 is 2.59 bits per heavy atom. The van der Waals surface area contributed by atoms with Crippen molar-refractivity contribution in [1.29, 1.82) is 0 Å². The van der Waals surface area contributed by atoms with E-state index in [0.29, 0.717) is 0 Å². The highest BCUT2D eigenvalue weighted by atomic mass is 79.9. The topological polar surface area (TPSA) is 49.8 Å². The van der Waals surface area contributed by atoms with Gasteiger partial charge >= 0.3 is 0 Å². The summed E-state index contributed by atoms with van der Waals surface area (Å²) >= 11 is 3.56. The van der Waals surface area contributed by atoms with E-state index >= 15 is 0 Å². The van der Waals surface area contributed by atoms with Gasteiger partial charge in [-0.2, -0.15) is 0 Å². The molecule has 4 nitrogen and oxygen atoms in total. The Hall–Kier alpha value is -0.840. The summed E-state index contributed by atoms with van der Waals surface area (Å²) in [5, 5.41) is 6.76. The van der Waals surface area contributed by atoms with Gasteiger partial charge in [0.05, 0.1) is 0 Å². The van der Waals surface area contributed by atoms with Crippen LogP contribution in [0, 0.1) is 0 Å². The highest BCUT2D eigenvalue weighted by Crippen LogP contribution is 2.35. The minimum absolute atomic E-state index is 0.181. The molecule has 0 aromatic carbocycles. The van der Waals surface area contributed by atoms with E-state index in [4.69, 9.17) is 0 Å². The fourth-order valence-corrected chi connectivity index (χ4v) is 2.76. The SMILES string of the molecule is CCNc1ncnc(NC2(C)CCCC2)c1Br. The fourth-order valence-electron chi connectivity index (χ4n) is 2.31. The first-order valence-corrected chi connectivity index (χ1v) is 6.96. The van der Waals surface area contributed by atoms with Crippen LogP contribution in [0.1, 0.15) is 39.5 Å². The molecule has 1 aromatic heterocycles. The molecule has 2 rings (SSSR count). The summed E-state index contributed by atoms with van der Waals surface area (Å²) < 4.78 is 0.926. The number of nitrogens with zero attached hydrogens (tertiary/aromatic N) is 2. The smallest absolute Gasteiger partial charge is 0.146 e. The van der Waals surface area contributed by atoms with Gasteiger partial charge in [0.2, 0.25) is 0 Å². The maximum atomic E-state index is 4.32. The van der Waals surface area contributed by atoms with Gasteiger partial charge in [0, 0.05) is 12.1 Å². The normalized spacial score (nSPS) is 18.1. The second-order valence-electron chi connectivity index (χ2n) is 4.81. The van der Waals surface area contributed by atoms with Crippen molar-refractivity contribution < 1.29 is 0 Å². The second kappa shape index (κ2) is 5.21. The van der Waals surface area contributed by atoms with Gasteiger partial charge in [-0.1, -0.05) is 12.8 Å². The zero-order valence-corrected chi connectivity index (χ0v) is 12.0. The van der Waals surface area contributed by atoms with Crippen LogP contribution in [0.3, 0.4) is 0 Å². The van der Waals surface area contributed by atoms with E-state index in [0.717, 1.165) is 22.7 Å². The van der Waals surface area contributed by atoms with Crippen molar-refractivity contribution in [1.82, 2.24) is 9.97 Å². The van der Waals surface area contributed by atoms with Crippen LogP contribution in [0.5, 0.6) is 0 Å². The molecule has 1 aliphatic carbocycles. The Morgan fingerprint density at radius 1 is 1.29 bits per heavy atom. The molecule has 0 atom stereocenters. The quantitative estimate of drug-likeness (QED) is 0.894. The molecule has 1 aromatic rings. The number of rotatable bonds is 4. The molecule has 1 saturated carbocycles. The Kier molecular flexibility index (Phi) is 3.86. The van der Waals surface area contributed by atoms with Gasteiger partial charge in [-0.25, -0.2) is 9.97 Å². The number of halogens is 1. The van der Waals surface area contributed by atoms with Crippen LogP contribution in [0.25, 0.3) is 0 Å². The van der Waals surface area contributed by atoms with Gasteiger partial charge in [-0.05, 0) is 42.6 Å². The number of hydrogen-bond donors (Lipinski definition) is 2. The van der Waals surface area contributed by atoms with Crippen LogP contribution in [-0.4, -0.2) is 22.1 Å². The van der Waals surface area contributed by atoms with E-state index in [1.54, 1.807) is 6.33 Å². The summed E-state index contributed by atoms with van der Waals surface area (Å²) in [5.41, 5.74) is 0.181. The van der Waals surface area contributed by atoms with Crippen molar-refractivity contribution in [3.05, 3.63) is 10.8 Å². The average molecular weight is 299 g/mol. The van der Waals surface area contributed by atoms with Gasteiger partial charge in [0.25, 0.3) is 0 Å². The maximum Gasteiger partial charge on any atom is 0.146 e. The maximum absolute atomic E-state index is 4.32. The van der Waals surface area contributed by atoms with Crippen molar-refractivity contribution in [2.75, 3.05) is 17.2 Å². The first-order valence-electron chi connectivity index (χ1n) is 6.17. The minimum Gasteiger partial charge on any atom is -0.369 e. The third-order valence-corrected chi connectivity index (χ3v) is 4.01. The summed E-state index contributed by atoms with van der Waals surface area (Å²) in [4.78, 5) is 8.54. The lowest BCUT2D eigenvalue weighted by atomic mass is 10.0. The van der Waals surface area contributed by atoms with Crippen LogP contribution < -0.4 is 10.6 Å². The van der Waals surface area contributed by atoms with Gasteiger partial charge in [-0.3, -0.25) is 0 Å². The molecule has 0 aliphatic heterocycles. The highest BCUT2D eigenvalue weighted by Gasteiger charge is 2.29. The van der Waals surface area contributed by atoms with E-state index in [1.807, 2.05) is 0 Å². The number of anilines is 2. The van der Waals surface area contributed by atoms with Crippen LogP contribution in [0.15, 0.2) is 10.8 Å². The van der Waals surface area contributed by atoms with Crippen molar-refractivity contribution in [2.24, 2.45) is 0 Å². The van der Waals surface area contributed by atoms with E-state index in [1.165, 1.54) is 25.7 Å². The summed E-state index contributed by atoms with van der Waals surface area (Å²) in [6.07, 6.45) is 6.61. The molecule has 0 unspecified atom stereocenters. The lowest BCUT2D eigenvalue weighted by Gasteiger charge is -2.26. The summed E-state index contributed by atoms with van der Waals surface area (Å²) in [5.74, 6) is 1.74. The molecule has 5 heteroatoms. The van der Waals surface area contributed by atoms with Crippen molar-refractivity contribution in [3.8, 4) is 0 Å². The standard InChI is InChI=1S/C12H19BrN4/c1-3-14-10-9(13)11(16-8-15-10)17-12(2)6-4-5-7-12/h8H,3-7H2,1-2H3,(H2,14,15,16,17). The Labute approximate surface area is 111 Å². The molecule has 0 bridgehead atoms. The van der Waals surface area contributed by atoms with Gasteiger partial charge in [-0.15, -0.1) is 0 Å². The Balaban J connectivity index is 2.18. The van der Waals surface area contributed by atoms with Crippen molar-refractivity contribution >= 4 is 27.6 Å². The summed E-state index contributed by atoms with van der Waals surface area (Å²) in [6.45, 7) is 5.17. The third kappa shape index (κ3) is 2.89. The first kappa shape index (κ1) is 12.6. The summed E-state index contributed by atoms with van der Waals surface area (Å²) in [7, 11) is 0. The molecule has 0 radical (unpaired) electrons. The van der Waals surface area contributed by atoms with Crippen molar-refractivity contribution in [2.45, 2.75) is 45.1 Å². The van der Waals surface area contributed by atoms with Gasteiger partial charge in [0.15, 0.2) is 0 Å². The van der Waals surface area contributed by atoms with Crippen molar-refractivity contribution in [3.63, 3.8) is 0 Å². The molecule has 1 aliphatic rings. The lowest BCUT2D eigenvalue weighted by molar-refractivity contribution is 0.530. The molecule has 0 amide bonds.